The van der Waals surface area contributed by atoms with E-state index < -0.39 is 0 Å². The fraction of sp³-hybridized carbons (Fsp3) is 1.00. The van der Waals surface area contributed by atoms with Crippen LogP contribution in [0.2, 0.25) is 0 Å². The summed E-state index contributed by atoms with van der Waals surface area (Å²) in [6.07, 6.45) is 7.46. The summed E-state index contributed by atoms with van der Waals surface area (Å²) in [5.74, 6) is 1.99. The third kappa shape index (κ3) is 2.77. The van der Waals surface area contributed by atoms with Crippen molar-refractivity contribution in [3.05, 3.63) is 0 Å². The molecule has 1 fully saturated rings. The molecule has 1 heteroatoms. The number of rotatable bonds is 1. The minimum absolute atomic E-state index is 0. The third-order valence-electron chi connectivity index (χ3n) is 2.59. The van der Waals surface area contributed by atoms with Crippen LogP contribution in [0.5, 0.6) is 0 Å². The van der Waals surface area contributed by atoms with Gasteiger partial charge in [-0.25, -0.2) is 0 Å². The van der Waals surface area contributed by atoms with Crippen molar-refractivity contribution in [1.82, 2.24) is 0 Å². The summed E-state index contributed by atoms with van der Waals surface area (Å²) in [5.41, 5.74) is 0. The summed E-state index contributed by atoms with van der Waals surface area (Å²) in [4.78, 5) is 0. The second kappa shape index (κ2) is 4.82. The van der Waals surface area contributed by atoms with Gasteiger partial charge in [0.05, 0.1) is 0 Å². The Bertz CT molecular complexity index is 72.8. The topological polar surface area (TPSA) is 0 Å². The standard InChI is InChI=1S/C9H18.B/c1-8(2)9-6-4-3-5-7-9;/h8-9H,3-7H2,1-2H3;. The summed E-state index contributed by atoms with van der Waals surface area (Å²) < 4.78 is 0. The monoisotopic (exact) mass is 137 g/mol. The van der Waals surface area contributed by atoms with Crippen molar-refractivity contribution in [2.24, 2.45) is 11.8 Å². The fourth-order valence-electron chi connectivity index (χ4n) is 1.80. The van der Waals surface area contributed by atoms with E-state index in [2.05, 4.69) is 13.8 Å². The smallest absolute Gasteiger partial charge is 0 e. The van der Waals surface area contributed by atoms with Gasteiger partial charge in [0.15, 0.2) is 0 Å². The highest BCUT2D eigenvalue weighted by Gasteiger charge is 2.15. The summed E-state index contributed by atoms with van der Waals surface area (Å²) in [7, 11) is 0. The van der Waals surface area contributed by atoms with Gasteiger partial charge >= 0.3 is 0 Å². The van der Waals surface area contributed by atoms with Crippen LogP contribution in [0.25, 0.3) is 0 Å². The quantitative estimate of drug-likeness (QED) is 0.487. The van der Waals surface area contributed by atoms with Gasteiger partial charge in [-0.1, -0.05) is 46.0 Å². The molecule has 1 aliphatic rings. The normalized spacial score (nSPS) is 20.7. The van der Waals surface area contributed by atoms with Crippen LogP contribution >= 0.6 is 0 Å². The number of hydrogen-bond acceptors (Lipinski definition) is 0. The van der Waals surface area contributed by atoms with E-state index in [1.807, 2.05) is 0 Å². The second-order valence-corrected chi connectivity index (χ2v) is 3.64. The Hall–Kier alpha value is 0.0649. The van der Waals surface area contributed by atoms with E-state index in [4.69, 9.17) is 0 Å². The largest absolute Gasteiger partial charge is 0.0625 e. The average Bonchev–Trinajstić information content (AvgIpc) is 1.90. The molecule has 1 rings (SSSR count). The Morgan fingerprint density at radius 3 is 1.80 bits per heavy atom. The first-order valence-corrected chi connectivity index (χ1v) is 4.30. The van der Waals surface area contributed by atoms with Crippen LogP contribution in [0.1, 0.15) is 46.0 Å². The van der Waals surface area contributed by atoms with E-state index in [1.54, 1.807) is 0 Å². The van der Waals surface area contributed by atoms with Crippen molar-refractivity contribution in [3.8, 4) is 0 Å². The molecular formula is C9H18B. The maximum Gasteiger partial charge on any atom is 0 e. The molecule has 0 bridgehead atoms. The molecule has 0 amide bonds. The molecule has 3 radical (unpaired) electrons. The molecule has 0 N–H and O–H groups in total. The molecule has 1 saturated carbocycles. The molecule has 0 saturated heterocycles. The highest BCUT2D eigenvalue weighted by Crippen LogP contribution is 2.29. The molecule has 0 spiro atoms. The van der Waals surface area contributed by atoms with E-state index in [0.717, 1.165) is 11.8 Å². The van der Waals surface area contributed by atoms with Crippen molar-refractivity contribution in [2.45, 2.75) is 46.0 Å². The predicted octanol–water partition coefficient (Wildman–Crippen LogP) is 2.84. The first-order valence-electron chi connectivity index (χ1n) is 4.30. The summed E-state index contributed by atoms with van der Waals surface area (Å²) in [5, 5.41) is 0. The van der Waals surface area contributed by atoms with Crippen molar-refractivity contribution >= 4 is 8.41 Å². The lowest BCUT2D eigenvalue weighted by molar-refractivity contribution is 0.279. The molecule has 0 heterocycles. The van der Waals surface area contributed by atoms with Crippen LogP contribution in [0, 0.1) is 11.8 Å². The fourth-order valence-corrected chi connectivity index (χ4v) is 1.80. The molecule has 0 aromatic carbocycles. The van der Waals surface area contributed by atoms with Gasteiger partial charge in [0, 0.05) is 8.41 Å². The highest BCUT2D eigenvalue weighted by atomic mass is 14.2. The third-order valence-corrected chi connectivity index (χ3v) is 2.59. The van der Waals surface area contributed by atoms with Crippen LogP contribution in [0.4, 0.5) is 0 Å². The molecule has 0 atom stereocenters. The van der Waals surface area contributed by atoms with Crippen LogP contribution in [0.3, 0.4) is 0 Å². The molecule has 0 aliphatic heterocycles. The van der Waals surface area contributed by atoms with Crippen LogP contribution in [-0.2, 0) is 0 Å². The Balaban J connectivity index is 0.000000810. The van der Waals surface area contributed by atoms with Gasteiger partial charge in [0.2, 0.25) is 0 Å². The minimum Gasteiger partial charge on any atom is -0.0625 e. The molecule has 1 aliphatic carbocycles. The van der Waals surface area contributed by atoms with E-state index in [-0.39, 0.29) is 8.41 Å². The van der Waals surface area contributed by atoms with Crippen molar-refractivity contribution in [3.63, 3.8) is 0 Å². The lowest BCUT2D eigenvalue weighted by Gasteiger charge is -2.24. The van der Waals surface area contributed by atoms with Crippen molar-refractivity contribution < 1.29 is 0 Å². The van der Waals surface area contributed by atoms with Gasteiger partial charge in [-0.2, -0.15) is 0 Å². The highest BCUT2D eigenvalue weighted by molar-refractivity contribution is 5.75. The van der Waals surface area contributed by atoms with Gasteiger partial charge in [0.1, 0.15) is 0 Å². The van der Waals surface area contributed by atoms with Gasteiger partial charge in [0.25, 0.3) is 0 Å². The van der Waals surface area contributed by atoms with Crippen molar-refractivity contribution in [1.29, 1.82) is 0 Å². The Morgan fingerprint density at radius 2 is 1.50 bits per heavy atom. The van der Waals surface area contributed by atoms with E-state index >= 15 is 0 Å². The minimum atomic E-state index is 0. The maximum atomic E-state index is 2.36. The Morgan fingerprint density at radius 1 is 1.00 bits per heavy atom. The summed E-state index contributed by atoms with van der Waals surface area (Å²) >= 11 is 0. The number of hydrogen-bond donors (Lipinski definition) is 0. The zero-order valence-corrected chi connectivity index (χ0v) is 7.27. The molecular weight excluding hydrogens is 119 g/mol. The summed E-state index contributed by atoms with van der Waals surface area (Å²) in [6.45, 7) is 4.71. The maximum absolute atomic E-state index is 2.36. The zero-order valence-electron chi connectivity index (χ0n) is 7.27. The average molecular weight is 137 g/mol. The molecule has 0 aromatic heterocycles. The van der Waals surface area contributed by atoms with E-state index in [9.17, 15) is 0 Å². The van der Waals surface area contributed by atoms with Gasteiger partial charge in [-0.3, -0.25) is 0 Å². The van der Waals surface area contributed by atoms with Crippen LogP contribution < -0.4 is 0 Å². The van der Waals surface area contributed by atoms with Gasteiger partial charge in [-0.05, 0) is 11.8 Å². The molecule has 57 valence electrons. The molecule has 0 unspecified atom stereocenters. The van der Waals surface area contributed by atoms with Gasteiger partial charge < -0.3 is 0 Å². The van der Waals surface area contributed by atoms with Crippen LogP contribution in [0.15, 0.2) is 0 Å². The van der Waals surface area contributed by atoms with Crippen LogP contribution in [-0.4, -0.2) is 8.41 Å². The van der Waals surface area contributed by atoms with E-state index in [0.29, 0.717) is 0 Å². The zero-order chi connectivity index (χ0) is 6.69. The Kier molecular flexibility index (Phi) is 4.85. The lowest BCUT2D eigenvalue weighted by atomic mass is 9.82. The van der Waals surface area contributed by atoms with Crippen molar-refractivity contribution in [2.75, 3.05) is 0 Å². The molecule has 0 nitrogen and oxygen atoms in total. The Labute approximate surface area is 67.0 Å². The second-order valence-electron chi connectivity index (χ2n) is 3.64. The lowest BCUT2D eigenvalue weighted by Crippen LogP contribution is -2.12. The molecule has 10 heavy (non-hydrogen) atoms. The SMILES string of the molecule is CC(C)C1CCCCC1.[B]. The summed E-state index contributed by atoms with van der Waals surface area (Å²) in [6, 6.07) is 0. The predicted molar refractivity (Wildman–Crippen MR) is 47.2 cm³/mol. The molecule has 0 aromatic rings. The van der Waals surface area contributed by atoms with E-state index in [1.165, 1.54) is 32.1 Å². The van der Waals surface area contributed by atoms with Gasteiger partial charge in [-0.15, -0.1) is 0 Å². The first kappa shape index (κ1) is 10.1. The first-order chi connectivity index (χ1) is 4.30.